The van der Waals surface area contributed by atoms with Crippen LogP contribution in [0, 0.1) is 0 Å². The third-order valence-corrected chi connectivity index (χ3v) is 8.55. The smallest absolute Gasteiger partial charge is 0.858 e. The van der Waals surface area contributed by atoms with Crippen LogP contribution in [0.2, 0.25) is 0 Å². The Morgan fingerprint density at radius 1 is 0.580 bits per heavy atom. The first kappa shape index (κ1) is 42.7. The molecule has 2 N–H and O–H groups in total. The van der Waals surface area contributed by atoms with E-state index in [0.29, 0.717) is 11.5 Å². The molecule has 4 rings (SSSR count). The Balaban J connectivity index is 0.00000433. The van der Waals surface area contributed by atoms with Gasteiger partial charge in [-0.25, -0.2) is 0 Å². The van der Waals surface area contributed by atoms with E-state index in [1.807, 2.05) is 0 Å². The molecule has 0 bridgehead atoms. The summed E-state index contributed by atoms with van der Waals surface area (Å²) in [5.41, 5.74) is -0.330. The summed E-state index contributed by atoms with van der Waals surface area (Å²) < 4.78 is 89.6. The van der Waals surface area contributed by atoms with Crippen molar-refractivity contribution in [3.63, 3.8) is 0 Å². The molecule has 0 aliphatic rings. The largest absolute Gasteiger partial charge is 1.00 e. The molecule has 0 fully saturated rings. The van der Waals surface area contributed by atoms with Crippen molar-refractivity contribution in [1.29, 1.82) is 0 Å². The fourth-order valence-electron chi connectivity index (χ4n) is 4.39. The number of methoxy groups -OCH3 is 4. The van der Waals surface area contributed by atoms with Crippen molar-refractivity contribution < 1.29 is 114 Å². The van der Waals surface area contributed by atoms with E-state index in [1.54, 1.807) is 0 Å². The molecule has 0 unspecified atom stereocenters. The summed E-state index contributed by atoms with van der Waals surface area (Å²) >= 11 is 0. The number of hydrogen-bond acceptors (Lipinski definition) is 12. The summed E-state index contributed by atoms with van der Waals surface area (Å²) in [7, 11) is -4.19. The third-order valence-electron chi connectivity index (χ3n) is 6.73. The van der Waals surface area contributed by atoms with Crippen LogP contribution >= 0.6 is 0 Å². The Kier molecular flexibility index (Phi) is 15.5. The molecule has 0 aromatic heterocycles. The fraction of sp³-hybridized carbons (Fsp3) is 0.125. The number of nitrogens with zero attached hydrogens (tertiary/aromatic N) is 2. The van der Waals surface area contributed by atoms with Gasteiger partial charge in [0.25, 0.3) is 20.2 Å². The first-order valence-corrected chi connectivity index (χ1v) is 16.4. The summed E-state index contributed by atoms with van der Waals surface area (Å²) in [5.74, 6) is -0.362. The molecular formula is C32H28N2Na2O12S2. The van der Waals surface area contributed by atoms with Crippen molar-refractivity contribution in [2.75, 3.05) is 28.4 Å². The van der Waals surface area contributed by atoms with Gasteiger partial charge in [0.2, 0.25) is 0 Å². The van der Waals surface area contributed by atoms with Crippen molar-refractivity contribution in [2.45, 2.75) is 9.79 Å². The first-order chi connectivity index (χ1) is 22.7. The molecule has 50 heavy (non-hydrogen) atoms. The summed E-state index contributed by atoms with van der Waals surface area (Å²) in [6.07, 6.45) is 2.32. The van der Waals surface area contributed by atoms with Crippen molar-refractivity contribution in [3.8, 4) is 23.0 Å². The standard InChI is InChI=1S/C32H30N2O12S2.2Na/c1-43-23-11-13-25(27(17-23)45-3)31(35)33-21-9-7-19(29(15-21)47(37,38)39)5-6-20-8-10-22(16-30(20)48(40,41)42)34-32(36)26-14-12-24(44-2)18-28(26)46-4;;/h5-18H,1-4H3,(H,33,35)(H,34,36)(H,37,38,39)(H,40,41,42);;/q;2*+1/p-2/b6-5+;;. The van der Waals surface area contributed by atoms with Gasteiger partial charge in [-0.1, -0.05) is 24.3 Å². The molecular weight excluding hydrogens is 714 g/mol. The Morgan fingerprint density at radius 3 is 1.24 bits per heavy atom. The van der Waals surface area contributed by atoms with Crippen LogP contribution in [0.1, 0.15) is 22.3 Å². The van der Waals surface area contributed by atoms with Crippen molar-refractivity contribution >= 4 is 55.6 Å². The molecule has 0 atom stereocenters. The molecule has 14 nitrogen and oxygen atoms in total. The van der Waals surface area contributed by atoms with Crippen LogP contribution in [0.4, 0.5) is 11.4 Å². The first-order valence-electron chi connectivity index (χ1n) is 13.6. The van der Waals surface area contributed by atoms with E-state index in [1.165, 1.54) is 89.1 Å². The Labute approximate surface area is 333 Å². The van der Waals surface area contributed by atoms with Crippen LogP contribution in [0.3, 0.4) is 0 Å². The van der Waals surface area contributed by atoms with Gasteiger partial charge in [0.15, 0.2) is 0 Å². The molecule has 0 aliphatic heterocycles. The average Bonchev–Trinajstić information content (AvgIpc) is 3.06. The van der Waals surface area contributed by atoms with E-state index >= 15 is 0 Å². The molecule has 4 aromatic carbocycles. The molecule has 0 saturated heterocycles. The fourth-order valence-corrected chi connectivity index (χ4v) is 5.80. The summed E-state index contributed by atoms with van der Waals surface area (Å²) in [6, 6.07) is 15.8. The Morgan fingerprint density at radius 2 is 0.940 bits per heavy atom. The van der Waals surface area contributed by atoms with Gasteiger partial charge in [-0.05, 0) is 71.5 Å². The van der Waals surface area contributed by atoms with Crippen molar-refractivity contribution in [1.82, 2.24) is 0 Å². The zero-order valence-electron chi connectivity index (χ0n) is 27.8. The predicted molar refractivity (Wildman–Crippen MR) is 173 cm³/mol. The summed E-state index contributed by atoms with van der Waals surface area (Å²) in [6.45, 7) is 0. The van der Waals surface area contributed by atoms with Gasteiger partial charge in [0.05, 0.1) is 39.8 Å². The molecule has 0 heterocycles. The number of benzene rings is 4. The SMILES string of the molecule is COc1ccc(C([O-])=Nc2ccc(/C=C/c3ccc(N=C([O-])c4ccc(OC)cc4OC)cc3S(=O)(=O)O)c(S(=O)(=O)O)c2)c(OC)c1.[Na+].[Na+]. The maximum atomic E-state index is 12.9. The minimum atomic E-state index is -4.88. The molecule has 0 spiro atoms. The van der Waals surface area contributed by atoms with Gasteiger partial charge in [-0.2, -0.15) is 16.8 Å². The second-order valence-electron chi connectivity index (χ2n) is 9.69. The quantitative estimate of drug-likeness (QED) is 0.0498. The minimum Gasteiger partial charge on any atom is -0.858 e. The molecule has 0 radical (unpaired) electrons. The average molecular weight is 743 g/mol. The Hall–Kier alpha value is -3.42. The van der Waals surface area contributed by atoms with Crippen LogP contribution < -0.4 is 88.3 Å². The second-order valence-corrected chi connectivity index (χ2v) is 12.5. The van der Waals surface area contributed by atoms with Crippen LogP contribution in [-0.4, -0.2) is 66.2 Å². The van der Waals surface area contributed by atoms with Gasteiger partial charge >= 0.3 is 59.1 Å². The predicted octanol–water partition coefficient (Wildman–Crippen LogP) is -2.73. The van der Waals surface area contributed by atoms with Gasteiger partial charge < -0.3 is 29.2 Å². The number of rotatable bonds is 12. The van der Waals surface area contributed by atoms with Crippen LogP contribution in [0.25, 0.3) is 12.2 Å². The Bertz CT molecular complexity index is 2020. The molecule has 0 saturated carbocycles. The molecule has 0 amide bonds. The van der Waals surface area contributed by atoms with Crippen molar-refractivity contribution in [3.05, 3.63) is 95.1 Å². The van der Waals surface area contributed by atoms with E-state index in [2.05, 4.69) is 9.98 Å². The molecule has 18 heteroatoms. The van der Waals surface area contributed by atoms with Crippen LogP contribution in [-0.2, 0) is 20.2 Å². The third kappa shape index (κ3) is 10.6. The van der Waals surface area contributed by atoms with Gasteiger partial charge in [0.1, 0.15) is 32.8 Å². The summed E-state index contributed by atoms with van der Waals surface area (Å²) in [4.78, 5) is 6.56. The topological polar surface area (TPSA) is 216 Å². The zero-order valence-corrected chi connectivity index (χ0v) is 33.4. The van der Waals surface area contributed by atoms with E-state index in [4.69, 9.17) is 18.9 Å². The minimum absolute atomic E-state index is 0. The molecule has 4 aromatic rings. The molecule has 252 valence electrons. The number of hydrogen-bond donors (Lipinski definition) is 2. The van der Waals surface area contributed by atoms with Crippen molar-refractivity contribution in [2.24, 2.45) is 9.98 Å². The normalized spacial score (nSPS) is 12.1. The second kappa shape index (κ2) is 18.2. The summed E-state index contributed by atoms with van der Waals surface area (Å²) in [5, 5.41) is 25.8. The van der Waals surface area contributed by atoms with Gasteiger partial charge in [-0.3, -0.25) is 19.1 Å². The van der Waals surface area contributed by atoms with Gasteiger partial charge in [0, 0.05) is 23.3 Å². The maximum absolute atomic E-state index is 12.9. The van der Waals surface area contributed by atoms with E-state index in [-0.39, 0.29) is 104 Å². The monoisotopic (exact) mass is 742 g/mol. The zero-order chi connectivity index (χ0) is 35.2. The van der Waals surface area contributed by atoms with E-state index in [0.717, 1.165) is 24.3 Å². The molecule has 0 aliphatic carbocycles. The van der Waals surface area contributed by atoms with Crippen LogP contribution in [0.15, 0.2) is 92.6 Å². The maximum Gasteiger partial charge on any atom is 1.00 e. The van der Waals surface area contributed by atoms with Gasteiger partial charge in [-0.15, -0.1) is 0 Å². The number of aliphatic imine (C=N–C) groups is 2. The van der Waals surface area contributed by atoms with E-state index < -0.39 is 41.8 Å². The van der Waals surface area contributed by atoms with Crippen LogP contribution in [0.5, 0.6) is 23.0 Å². The van der Waals surface area contributed by atoms with E-state index in [9.17, 15) is 36.2 Å². The number of ether oxygens (including phenoxy) is 4.